The molecule has 3 N–H and O–H groups in total. The van der Waals surface area contributed by atoms with Gasteiger partial charge in [0.25, 0.3) is 0 Å². The van der Waals surface area contributed by atoms with Crippen LogP contribution in [0.5, 0.6) is 0 Å². The van der Waals surface area contributed by atoms with Crippen LogP contribution in [0.2, 0.25) is 0 Å². The average molecular weight is 294 g/mol. The highest BCUT2D eigenvalue weighted by Crippen LogP contribution is 1.96. The Morgan fingerprint density at radius 3 is 1.86 bits per heavy atom. The molecule has 21 heavy (non-hydrogen) atoms. The topological polar surface area (TPSA) is 108 Å². The first kappa shape index (κ1) is 18.4. The Hall–Kier alpha value is -2.57. The molecule has 114 valence electrons. The van der Waals surface area contributed by atoms with Crippen LogP contribution in [0.1, 0.15) is 22.1 Å². The van der Waals surface area contributed by atoms with Gasteiger partial charge in [0.1, 0.15) is 18.1 Å². The third-order valence-corrected chi connectivity index (χ3v) is 2.06. The zero-order valence-corrected chi connectivity index (χ0v) is 11.6. The van der Waals surface area contributed by atoms with E-state index in [9.17, 15) is 4.79 Å². The first-order chi connectivity index (χ1) is 9.76. The second kappa shape index (κ2) is 11.3. The van der Waals surface area contributed by atoms with E-state index in [1.54, 1.807) is 30.5 Å². The number of carbonyl (C=O) groups excluding carboxylic acids is 1. The molecule has 0 unspecified atom stereocenters. The highest BCUT2D eigenvalue weighted by atomic mass is 16.4. The van der Waals surface area contributed by atoms with Crippen LogP contribution in [0.4, 0.5) is 0 Å². The van der Waals surface area contributed by atoms with Crippen molar-refractivity contribution >= 4 is 6.29 Å². The number of rotatable bonds is 2. The fourth-order valence-corrected chi connectivity index (χ4v) is 1.12. The number of aliphatic hydroxyl groups is 1. The number of hydrogen-bond acceptors (Lipinski definition) is 5. The van der Waals surface area contributed by atoms with E-state index in [1.165, 1.54) is 12.5 Å². The fourth-order valence-electron chi connectivity index (χ4n) is 1.12. The zero-order valence-electron chi connectivity index (χ0n) is 11.6. The van der Waals surface area contributed by atoms with E-state index in [1.807, 2.05) is 19.1 Å². The molecule has 0 fully saturated rings. The van der Waals surface area contributed by atoms with Gasteiger partial charge in [0.2, 0.25) is 0 Å². The van der Waals surface area contributed by atoms with Crippen molar-refractivity contribution in [3.8, 4) is 0 Å². The van der Waals surface area contributed by atoms with Gasteiger partial charge in [-0.3, -0.25) is 4.79 Å². The monoisotopic (exact) mass is 294 g/mol. The second-order valence-electron chi connectivity index (χ2n) is 3.59. The molecule has 0 aliphatic heterocycles. The summed E-state index contributed by atoms with van der Waals surface area (Å²) in [5.41, 5.74) is 0. The molecule has 6 nitrogen and oxygen atoms in total. The minimum Gasteiger partial charge on any atom is -0.470 e. The zero-order chi connectivity index (χ0) is 14.6. The molecule has 0 bridgehead atoms. The molecule has 6 heteroatoms. The van der Waals surface area contributed by atoms with Crippen LogP contribution < -0.4 is 0 Å². The number of carbonyl (C=O) groups is 1. The number of aliphatic hydroxyl groups excluding tert-OH is 1. The van der Waals surface area contributed by atoms with Crippen LogP contribution in [0.25, 0.3) is 0 Å². The Morgan fingerprint density at radius 2 is 1.62 bits per heavy atom. The first-order valence-corrected chi connectivity index (χ1v) is 5.88. The van der Waals surface area contributed by atoms with Crippen molar-refractivity contribution in [2.45, 2.75) is 13.5 Å². The Balaban J connectivity index is 0.000000280. The molecule has 0 atom stereocenters. The van der Waals surface area contributed by atoms with Crippen molar-refractivity contribution in [2.24, 2.45) is 0 Å². The van der Waals surface area contributed by atoms with Crippen molar-refractivity contribution in [3.05, 3.63) is 72.5 Å². The summed E-state index contributed by atoms with van der Waals surface area (Å²) in [6.07, 6.45) is 5.32. The van der Waals surface area contributed by atoms with E-state index in [0.717, 1.165) is 5.76 Å². The number of aldehydes is 1. The van der Waals surface area contributed by atoms with E-state index in [0.29, 0.717) is 17.8 Å². The maximum Gasteiger partial charge on any atom is 0.185 e. The molecule has 3 aromatic heterocycles. The molecule has 3 heterocycles. The average Bonchev–Trinajstić information content (AvgIpc) is 3.23. The van der Waals surface area contributed by atoms with E-state index >= 15 is 0 Å². The normalized spacial score (nSPS) is 8.48. The van der Waals surface area contributed by atoms with Crippen molar-refractivity contribution in [2.75, 3.05) is 0 Å². The lowest BCUT2D eigenvalue weighted by Crippen LogP contribution is -1.72. The van der Waals surface area contributed by atoms with Crippen molar-refractivity contribution in [1.29, 1.82) is 0 Å². The van der Waals surface area contributed by atoms with E-state index in [-0.39, 0.29) is 12.1 Å². The van der Waals surface area contributed by atoms with Gasteiger partial charge in [-0.15, -0.1) is 0 Å². The van der Waals surface area contributed by atoms with Gasteiger partial charge < -0.3 is 23.8 Å². The van der Waals surface area contributed by atoms with E-state index < -0.39 is 0 Å². The number of hydrogen-bond donors (Lipinski definition) is 1. The van der Waals surface area contributed by atoms with Crippen LogP contribution in [-0.4, -0.2) is 16.9 Å². The Bertz CT molecular complexity index is 537. The van der Waals surface area contributed by atoms with Crippen LogP contribution in [-0.2, 0) is 6.61 Å². The molecule has 0 saturated carbocycles. The lowest BCUT2D eigenvalue weighted by Gasteiger charge is -1.79. The van der Waals surface area contributed by atoms with Gasteiger partial charge in [0.05, 0.1) is 18.8 Å². The predicted molar refractivity (Wildman–Crippen MR) is 75.8 cm³/mol. The summed E-state index contributed by atoms with van der Waals surface area (Å²) in [6, 6.07) is 10.5. The highest BCUT2D eigenvalue weighted by Gasteiger charge is 1.86. The van der Waals surface area contributed by atoms with Gasteiger partial charge in [0, 0.05) is 0 Å². The molecule has 0 spiro atoms. The van der Waals surface area contributed by atoms with E-state index in [4.69, 9.17) is 13.9 Å². The molecular formula is C15H18O6. The van der Waals surface area contributed by atoms with Crippen molar-refractivity contribution in [3.63, 3.8) is 0 Å². The smallest absolute Gasteiger partial charge is 0.185 e. The molecule has 0 aliphatic rings. The van der Waals surface area contributed by atoms with E-state index in [2.05, 4.69) is 4.42 Å². The van der Waals surface area contributed by atoms with Crippen molar-refractivity contribution in [1.82, 2.24) is 0 Å². The van der Waals surface area contributed by atoms with Crippen LogP contribution in [0, 0.1) is 6.92 Å². The molecule has 0 aromatic carbocycles. The van der Waals surface area contributed by atoms with Gasteiger partial charge >= 0.3 is 0 Å². The number of furan rings is 3. The van der Waals surface area contributed by atoms with Crippen LogP contribution in [0.3, 0.4) is 0 Å². The van der Waals surface area contributed by atoms with Crippen LogP contribution >= 0.6 is 0 Å². The van der Waals surface area contributed by atoms with Gasteiger partial charge in [0.15, 0.2) is 12.0 Å². The third-order valence-electron chi connectivity index (χ3n) is 2.06. The predicted octanol–water partition coefficient (Wildman–Crippen LogP) is 2.63. The van der Waals surface area contributed by atoms with Crippen LogP contribution in [0.15, 0.2) is 68.4 Å². The highest BCUT2D eigenvalue weighted by molar-refractivity contribution is 5.69. The molecule has 0 amide bonds. The molecule has 3 aromatic rings. The standard InChI is InChI=1S/C5H6O2.C5H4O2.C5H6O.H2O/c2*6-4-5-2-1-3-7-5;1-5-3-2-4-6-5;/h1-3,6H,4H2;1-4H;2-4H,1H3;1H2. The van der Waals surface area contributed by atoms with Gasteiger partial charge in [-0.1, -0.05) is 0 Å². The summed E-state index contributed by atoms with van der Waals surface area (Å²) >= 11 is 0. The quantitative estimate of drug-likeness (QED) is 0.731. The Morgan fingerprint density at radius 1 is 1.00 bits per heavy atom. The lowest BCUT2D eigenvalue weighted by atomic mass is 10.5. The number of aryl methyl sites for hydroxylation is 1. The summed E-state index contributed by atoms with van der Waals surface area (Å²) < 4.78 is 14.2. The molecule has 0 radical (unpaired) electrons. The summed E-state index contributed by atoms with van der Waals surface area (Å²) in [5.74, 6) is 1.95. The minimum absolute atomic E-state index is 0. The largest absolute Gasteiger partial charge is 0.470 e. The van der Waals surface area contributed by atoms with Gasteiger partial charge in [-0.05, 0) is 43.3 Å². The molecule has 3 rings (SSSR count). The molecule has 0 saturated heterocycles. The SMILES string of the molecule is Cc1ccco1.O.O=Cc1ccco1.OCc1ccco1. The maximum absolute atomic E-state index is 9.77. The second-order valence-corrected chi connectivity index (χ2v) is 3.59. The lowest BCUT2D eigenvalue weighted by molar-refractivity contribution is 0.110. The third kappa shape index (κ3) is 8.25. The Kier molecular flexibility index (Phi) is 9.89. The molecule has 0 aliphatic carbocycles. The van der Waals surface area contributed by atoms with Crippen molar-refractivity contribution < 1.29 is 28.6 Å². The summed E-state index contributed by atoms with van der Waals surface area (Å²) in [7, 11) is 0. The first-order valence-electron chi connectivity index (χ1n) is 5.88. The molecular weight excluding hydrogens is 276 g/mol. The Labute approximate surface area is 121 Å². The minimum atomic E-state index is -0.00694. The maximum atomic E-state index is 9.77. The summed E-state index contributed by atoms with van der Waals surface area (Å²) in [4.78, 5) is 9.77. The summed E-state index contributed by atoms with van der Waals surface area (Å²) in [5, 5.41) is 8.33. The summed E-state index contributed by atoms with van der Waals surface area (Å²) in [6.45, 7) is 1.91. The van der Waals surface area contributed by atoms with Gasteiger partial charge in [-0.25, -0.2) is 0 Å². The fraction of sp³-hybridized carbons (Fsp3) is 0.133. The van der Waals surface area contributed by atoms with Gasteiger partial charge in [-0.2, -0.15) is 0 Å².